The Labute approximate surface area is 246 Å². The Hall–Kier alpha value is -4.17. The largest absolute Gasteiger partial charge is 0.480 e. The molecule has 0 heterocycles. The zero-order chi connectivity index (χ0) is 29.5. The molecule has 8 heteroatoms. The van der Waals surface area contributed by atoms with E-state index in [4.69, 9.17) is 9.47 Å². The molecule has 2 unspecified atom stereocenters. The average Bonchev–Trinajstić information content (AvgIpc) is 3.58. The minimum atomic E-state index is -1.13. The first-order valence-electron chi connectivity index (χ1n) is 14.7. The maximum absolute atomic E-state index is 12.7. The normalized spacial score (nSPS) is 18.9. The van der Waals surface area contributed by atoms with Crippen LogP contribution < -0.4 is 10.6 Å². The summed E-state index contributed by atoms with van der Waals surface area (Å²) in [6, 6.07) is 24.8. The van der Waals surface area contributed by atoms with Gasteiger partial charge >= 0.3 is 12.1 Å². The van der Waals surface area contributed by atoms with Gasteiger partial charge in [0, 0.05) is 18.9 Å². The van der Waals surface area contributed by atoms with E-state index in [0.29, 0.717) is 6.54 Å². The molecule has 3 aromatic rings. The van der Waals surface area contributed by atoms with Crippen LogP contribution in [0.3, 0.4) is 0 Å². The Morgan fingerprint density at radius 1 is 0.881 bits per heavy atom. The fourth-order valence-corrected chi connectivity index (χ4v) is 6.20. The van der Waals surface area contributed by atoms with Gasteiger partial charge in [0.1, 0.15) is 6.61 Å². The third-order valence-electron chi connectivity index (χ3n) is 8.41. The van der Waals surface area contributed by atoms with Gasteiger partial charge in [0.15, 0.2) is 6.04 Å². The van der Waals surface area contributed by atoms with Gasteiger partial charge in [-0.2, -0.15) is 0 Å². The van der Waals surface area contributed by atoms with Gasteiger partial charge in [0.05, 0.1) is 12.7 Å². The molecular formula is C34H38N2O6. The summed E-state index contributed by atoms with van der Waals surface area (Å²) in [6.07, 6.45) is 1.64. The zero-order valence-corrected chi connectivity index (χ0v) is 23.8. The summed E-state index contributed by atoms with van der Waals surface area (Å²) in [5, 5.41) is 15.2. The van der Waals surface area contributed by atoms with Crippen molar-refractivity contribution in [1.29, 1.82) is 0 Å². The molecule has 0 radical (unpaired) electrons. The van der Waals surface area contributed by atoms with Crippen molar-refractivity contribution in [2.45, 2.75) is 57.3 Å². The van der Waals surface area contributed by atoms with Crippen LogP contribution in [0.5, 0.6) is 0 Å². The first-order chi connectivity index (χ1) is 20.4. The van der Waals surface area contributed by atoms with Gasteiger partial charge < -0.3 is 25.2 Å². The SMILES string of the molecule is C[C@@H](OCc1ccccc1)[C@H](NC(=O)CC1CCC(CNC(=O)OCC2c3ccccc3-c3ccccc32)C1)C(=O)O. The number of alkyl carbamates (subject to hydrolysis) is 1. The van der Waals surface area contributed by atoms with Crippen molar-refractivity contribution in [1.82, 2.24) is 10.6 Å². The maximum Gasteiger partial charge on any atom is 0.407 e. The molecule has 42 heavy (non-hydrogen) atoms. The van der Waals surface area contributed by atoms with Crippen LogP contribution in [-0.2, 0) is 25.7 Å². The topological polar surface area (TPSA) is 114 Å². The third kappa shape index (κ3) is 7.18. The fraction of sp³-hybridized carbons (Fsp3) is 0.382. The van der Waals surface area contributed by atoms with Crippen molar-refractivity contribution >= 4 is 18.0 Å². The van der Waals surface area contributed by atoms with E-state index >= 15 is 0 Å². The van der Waals surface area contributed by atoms with E-state index < -0.39 is 24.2 Å². The third-order valence-corrected chi connectivity index (χ3v) is 8.41. The molecule has 3 N–H and O–H groups in total. The van der Waals surface area contributed by atoms with Crippen LogP contribution in [-0.4, -0.2) is 48.4 Å². The van der Waals surface area contributed by atoms with E-state index in [1.807, 2.05) is 54.6 Å². The van der Waals surface area contributed by atoms with Gasteiger partial charge in [0.2, 0.25) is 5.91 Å². The van der Waals surface area contributed by atoms with Crippen LogP contribution in [0.25, 0.3) is 11.1 Å². The predicted molar refractivity (Wildman–Crippen MR) is 159 cm³/mol. The van der Waals surface area contributed by atoms with Crippen LogP contribution in [0.4, 0.5) is 4.79 Å². The molecule has 0 saturated heterocycles. The molecule has 220 valence electrons. The lowest BCUT2D eigenvalue weighted by molar-refractivity contribution is -0.146. The Balaban J connectivity index is 1.03. The highest BCUT2D eigenvalue weighted by molar-refractivity contribution is 5.84. The monoisotopic (exact) mass is 570 g/mol. The zero-order valence-electron chi connectivity index (χ0n) is 23.8. The van der Waals surface area contributed by atoms with Crippen molar-refractivity contribution in [2.24, 2.45) is 11.8 Å². The Bertz CT molecular complexity index is 1350. The number of carboxylic acid groups (broad SMARTS) is 1. The number of rotatable bonds is 12. The van der Waals surface area contributed by atoms with E-state index in [2.05, 4.69) is 34.9 Å². The second kappa shape index (κ2) is 13.7. The molecular weight excluding hydrogens is 532 g/mol. The summed E-state index contributed by atoms with van der Waals surface area (Å²) in [5.74, 6) is -1.03. The number of hydrogen-bond donors (Lipinski definition) is 3. The van der Waals surface area contributed by atoms with Gasteiger partial charge in [-0.15, -0.1) is 0 Å². The number of carboxylic acids is 1. The maximum atomic E-state index is 12.7. The lowest BCUT2D eigenvalue weighted by Gasteiger charge is -2.22. The van der Waals surface area contributed by atoms with Gasteiger partial charge in [-0.25, -0.2) is 9.59 Å². The smallest absolute Gasteiger partial charge is 0.407 e. The molecule has 1 fully saturated rings. The highest BCUT2D eigenvalue weighted by Gasteiger charge is 2.32. The standard InChI is InChI=1S/C34H38N2O6/c1-22(41-20-23-9-3-2-4-10-23)32(33(38)39)36-31(37)18-24-15-16-25(17-24)19-35-34(40)42-21-30-28-13-7-5-11-26(28)27-12-6-8-14-29(27)30/h2-14,22,24-25,30,32H,15-21H2,1H3,(H,35,40)(H,36,37)(H,38,39)/t22-,24?,25?,32+/m1/s1. The van der Waals surface area contributed by atoms with Crippen LogP contribution in [0.2, 0.25) is 0 Å². The Morgan fingerprint density at radius 3 is 2.17 bits per heavy atom. The molecule has 0 bridgehead atoms. The summed E-state index contributed by atoms with van der Waals surface area (Å²) in [7, 11) is 0. The summed E-state index contributed by atoms with van der Waals surface area (Å²) in [5.41, 5.74) is 5.65. The van der Waals surface area contributed by atoms with E-state index in [-0.39, 0.29) is 43.3 Å². The lowest BCUT2D eigenvalue weighted by Crippen LogP contribution is -2.48. The van der Waals surface area contributed by atoms with Crippen molar-refractivity contribution in [3.63, 3.8) is 0 Å². The molecule has 1 saturated carbocycles. The second-order valence-electron chi connectivity index (χ2n) is 11.3. The van der Waals surface area contributed by atoms with Crippen molar-refractivity contribution in [2.75, 3.05) is 13.2 Å². The molecule has 8 nitrogen and oxygen atoms in total. The minimum absolute atomic E-state index is 0.0126. The van der Waals surface area contributed by atoms with Gasteiger partial charge in [-0.3, -0.25) is 4.79 Å². The van der Waals surface area contributed by atoms with E-state index in [1.54, 1.807) is 6.92 Å². The summed E-state index contributed by atoms with van der Waals surface area (Å²) < 4.78 is 11.4. The van der Waals surface area contributed by atoms with E-state index in [0.717, 1.165) is 24.8 Å². The van der Waals surface area contributed by atoms with Crippen molar-refractivity contribution < 1.29 is 29.0 Å². The number of carbonyl (C=O) groups is 3. The van der Waals surface area contributed by atoms with Gasteiger partial charge in [-0.1, -0.05) is 78.9 Å². The summed E-state index contributed by atoms with van der Waals surface area (Å²) in [6.45, 7) is 2.67. The number of hydrogen-bond acceptors (Lipinski definition) is 5. The van der Waals surface area contributed by atoms with Crippen molar-refractivity contribution in [3.8, 4) is 11.1 Å². The molecule has 2 aliphatic carbocycles. The second-order valence-corrected chi connectivity index (χ2v) is 11.3. The predicted octanol–water partition coefficient (Wildman–Crippen LogP) is 5.51. The number of aliphatic carboxylic acids is 1. The Kier molecular flexibility index (Phi) is 9.54. The summed E-state index contributed by atoms with van der Waals surface area (Å²) in [4.78, 5) is 37.1. The first-order valence-corrected chi connectivity index (χ1v) is 14.7. The van der Waals surface area contributed by atoms with Crippen molar-refractivity contribution in [3.05, 3.63) is 95.6 Å². The highest BCUT2D eigenvalue weighted by atomic mass is 16.5. The molecule has 0 aromatic heterocycles. The number of carbonyl (C=O) groups excluding carboxylic acids is 2. The average molecular weight is 571 g/mol. The lowest BCUT2D eigenvalue weighted by atomic mass is 9.98. The number of nitrogens with one attached hydrogen (secondary N) is 2. The van der Waals surface area contributed by atoms with E-state index in [1.165, 1.54) is 22.3 Å². The Morgan fingerprint density at radius 2 is 1.50 bits per heavy atom. The molecule has 4 atom stereocenters. The van der Waals surface area contributed by atoms with Gasteiger partial charge in [0.25, 0.3) is 0 Å². The molecule has 0 spiro atoms. The fourth-order valence-electron chi connectivity index (χ4n) is 6.20. The minimum Gasteiger partial charge on any atom is -0.480 e. The van der Waals surface area contributed by atoms with Gasteiger partial charge in [-0.05, 0) is 65.8 Å². The van der Waals surface area contributed by atoms with Crippen LogP contribution >= 0.6 is 0 Å². The van der Waals surface area contributed by atoms with E-state index in [9.17, 15) is 19.5 Å². The molecule has 2 aliphatic rings. The summed E-state index contributed by atoms with van der Waals surface area (Å²) >= 11 is 0. The molecule has 2 amide bonds. The molecule has 5 rings (SSSR count). The van der Waals surface area contributed by atoms with Crippen LogP contribution in [0.1, 0.15) is 55.2 Å². The first kappa shape index (κ1) is 29.3. The number of amides is 2. The highest BCUT2D eigenvalue weighted by Crippen LogP contribution is 2.44. The quantitative estimate of drug-likeness (QED) is 0.265. The number of fused-ring (bicyclic) bond motifs is 3. The molecule has 0 aliphatic heterocycles. The molecule has 3 aromatic carbocycles. The van der Waals surface area contributed by atoms with Crippen LogP contribution in [0.15, 0.2) is 78.9 Å². The number of ether oxygens (including phenoxy) is 2. The van der Waals surface area contributed by atoms with Crippen LogP contribution in [0, 0.1) is 11.8 Å². The number of benzene rings is 3.